The molecule has 18 heavy (non-hydrogen) atoms. The average molecular weight is 241 g/mol. The topological polar surface area (TPSA) is 29.0 Å². The first-order chi connectivity index (χ1) is 8.81. The fourth-order valence-electron chi connectivity index (χ4n) is 2.23. The summed E-state index contributed by atoms with van der Waals surface area (Å²) in [6, 6.07) is 10.6. The number of hydrogen-bond acceptors (Lipinski definition) is 3. The van der Waals surface area contributed by atoms with Gasteiger partial charge >= 0.3 is 0 Å². The minimum absolute atomic E-state index is 0.390. The van der Waals surface area contributed by atoms with Gasteiger partial charge in [-0.2, -0.15) is 0 Å². The molecule has 0 spiro atoms. The highest BCUT2D eigenvalue weighted by atomic mass is 15.1. The predicted molar refractivity (Wildman–Crippen MR) is 73.0 cm³/mol. The van der Waals surface area contributed by atoms with E-state index in [4.69, 9.17) is 0 Å². The van der Waals surface area contributed by atoms with Crippen molar-refractivity contribution in [2.24, 2.45) is 0 Å². The fourth-order valence-corrected chi connectivity index (χ4v) is 2.23. The van der Waals surface area contributed by atoms with Crippen LogP contribution in [0, 0.1) is 0 Å². The zero-order valence-corrected chi connectivity index (χ0v) is 11.0. The molecule has 3 heteroatoms. The van der Waals surface area contributed by atoms with E-state index in [9.17, 15) is 0 Å². The summed E-state index contributed by atoms with van der Waals surface area (Å²) < 4.78 is 0. The van der Waals surface area contributed by atoms with E-state index < -0.39 is 0 Å². The van der Waals surface area contributed by atoms with Gasteiger partial charge in [0.25, 0.3) is 0 Å². The van der Waals surface area contributed by atoms with Crippen molar-refractivity contribution in [3.05, 3.63) is 60.2 Å². The van der Waals surface area contributed by atoms with E-state index in [0.717, 1.165) is 18.7 Å². The molecular weight excluding hydrogens is 222 g/mol. The molecule has 94 valence electrons. The molecular formula is C15H19N3. The molecule has 0 bridgehead atoms. The highest BCUT2D eigenvalue weighted by Crippen LogP contribution is 2.23. The van der Waals surface area contributed by atoms with Gasteiger partial charge in [-0.15, -0.1) is 0 Å². The molecule has 0 radical (unpaired) electrons. The molecule has 0 aliphatic rings. The van der Waals surface area contributed by atoms with Gasteiger partial charge < -0.3 is 0 Å². The number of aromatic nitrogens is 2. The standard InChI is InChI=1S/C15H19N3/c1-3-15(13-7-6-9-16-11-13)18(2)12-14-8-4-5-10-17-14/h4-11,15H,3,12H2,1-2H3/t15-/m0/s1. The normalized spacial score (nSPS) is 12.6. The minimum atomic E-state index is 0.390. The first kappa shape index (κ1) is 12.7. The van der Waals surface area contributed by atoms with Crippen LogP contribution in [0.15, 0.2) is 48.9 Å². The number of nitrogens with zero attached hydrogens (tertiary/aromatic N) is 3. The van der Waals surface area contributed by atoms with Crippen LogP contribution < -0.4 is 0 Å². The Morgan fingerprint density at radius 2 is 2.06 bits per heavy atom. The van der Waals surface area contributed by atoms with Crippen LogP contribution >= 0.6 is 0 Å². The molecule has 2 rings (SSSR count). The van der Waals surface area contributed by atoms with Crippen molar-refractivity contribution < 1.29 is 0 Å². The maximum Gasteiger partial charge on any atom is 0.0544 e. The first-order valence-corrected chi connectivity index (χ1v) is 6.31. The van der Waals surface area contributed by atoms with Crippen LogP contribution in [0.3, 0.4) is 0 Å². The zero-order valence-electron chi connectivity index (χ0n) is 11.0. The number of pyridine rings is 2. The smallest absolute Gasteiger partial charge is 0.0544 e. The van der Waals surface area contributed by atoms with Gasteiger partial charge in [-0.1, -0.05) is 19.1 Å². The van der Waals surface area contributed by atoms with Gasteiger partial charge in [0.2, 0.25) is 0 Å². The summed E-state index contributed by atoms with van der Waals surface area (Å²) in [6.45, 7) is 3.06. The lowest BCUT2D eigenvalue weighted by atomic mass is 10.1. The summed E-state index contributed by atoms with van der Waals surface area (Å²) in [6.07, 6.45) is 6.67. The summed E-state index contributed by atoms with van der Waals surface area (Å²) in [5.41, 5.74) is 2.36. The van der Waals surface area contributed by atoms with Gasteiger partial charge in [-0.05, 0) is 37.2 Å². The Bertz CT molecular complexity index is 456. The lowest BCUT2D eigenvalue weighted by molar-refractivity contribution is 0.227. The highest BCUT2D eigenvalue weighted by Gasteiger charge is 2.15. The van der Waals surface area contributed by atoms with Crippen molar-refractivity contribution >= 4 is 0 Å². The van der Waals surface area contributed by atoms with E-state index in [1.165, 1.54) is 5.56 Å². The summed E-state index contributed by atoms with van der Waals surface area (Å²) in [7, 11) is 2.13. The lowest BCUT2D eigenvalue weighted by Crippen LogP contribution is -2.24. The fraction of sp³-hybridized carbons (Fsp3) is 0.333. The maximum absolute atomic E-state index is 4.37. The van der Waals surface area contributed by atoms with Crippen LogP contribution in [0.1, 0.15) is 30.6 Å². The maximum atomic E-state index is 4.37. The summed E-state index contributed by atoms with van der Waals surface area (Å²) in [5, 5.41) is 0. The Kier molecular flexibility index (Phi) is 4.42. The Morgan fingerprint density at radius 3 is 2.67 bits per heavy atom. The second-order valence-corrected chi connectivity index (χ2v) is 4.45. The van der Waals surface area contributed by atoms with Crippen LogP contribution in [-0.2, 0) is 6.54 Å². The van der Waals surface area contributed by atoms with Crippen LogP contribution in [0.4, 0.5) is 0 Å². The number of hydrogen-bond donors (Lipinski definition) is 0. The third-order valence-corrected chi connectivity index (χ3v) is 3.13. The predicted octanol–water partition coefficient (Wildman–Crippen LogP) is 3.06. The van der Waals surface area contributed by atoms with Crippen molar-refractivity contribution in [3.8, 4) is 0 Å². The molecule has 2 aromatic rings. The molecule has 0 fully saturated rings. The average Bonchev–Trinajstić information content (AvgIpc) is 2.42. The van der Waals surface area contributed by atoms with Gasteiger partial charge in [-0.25, -0.2) is 0 Å². The third kappa shape index (κ3) is 3.14. The molecule has 0 amide bonds. The summed E-state index contributed by atoms with van der Waals surface area (Å²) >= 11 is 0. The summed E-state index contributed by atoms with van der Waals surface area (Å²) in [4.78, 5) is 10.9. The SMILES string of the molecule is CC[C@@H](c1cccnc1)N(C)Cc1ccccn1. The Morgan fingerprint density at radius 1 is 1.17 bits per heavy atom. The van der Waals surface area contributed by atoms with Crippen LogP contribution in [0.5, 0.6) is 0 Å². The summed E-state index contributed by atoms with van der Waals surface area (Å²) in [5.74, 6) is 0. The molecule has 3 nitrogen and oxygen atoms in total. The molecule has 1 atom stereocenters. The first-order valence-electron chi connectivity index (χ1n) is 6.31. The van der Waals surface area contributed by atoms with Crippen LogP contribution in [0.2, 0.25) is 0 Å². The van der Waals surface area contributed by atoms with E-state index in [1.807, 2.05) is 36.8 Å². The van der Waals surface area contributed by atoms with Crippen LogP contribution in [0.25, 0.3) is 0 Å². The Labute approximate surface area is 109 Å². The molecule has 0 aliphatic heterocycles. The van der Waals surface area contributed by atoms with E-state index in [0.29, 0.717) is 6.04 Å². The van der Waals surface area contributed by atoms with Gasteiger partial charge in [-0.3, -0.25) is 14.9 Å². The van der Waals surface area contributed by atoms with Crippen molar-refractivity contribution in [1.82, 2.24) is 14.9 Å². The molecule has 0 unspecified atom stereocenters. The molecule has 0 N–H and O–H groups in total. The van der Waals surface area contributed by atoms with Gasteiger partial charge in [0.1, 0.15) is 0 Å². The second-order valence-electron chi connectivity index (χ2n) is 4.45. The largest absolute Gasteiger partial charge is 0.293 e. The quantitative estimate of drug-likeness (QED) is 0.805. The zero-order chi connectivity index (χ0) is 12.8. The lowest BCUT2D eigenvalue weighted by Gasteiger charge is -2.26. The molecule has 0 aliphatic carbocycles. The molecule has 0 saturated heterocycles. The van der Waals surface area contributed by atoms with Crippen molar-refractivity contribution in [2.45, 2.75) is 25.9 Å². The van der Waals surface area contributed by atoms with Gasteiger partial charge in [0, 0.05) is 31.2 Å². The van der Waals surface area contributed by atoms with E-state index >= 15 is 0 Å². The Hall–Kier alpha value is -1.74. The van der Waals surface area contributed by atoms with E-state index in [1.54, 1.807) is 0 Å². The van der Waals surface area contributed by atoms with Crippen LogP contribution in [-0.4, -0.2) is 21.9 Å². The Balaban J connectivity index is 2.09. The molecule has 0 aromatic carbocycles. The van der Waals surface area contributed by atoms with Crippen molar-refractivity contribution in [3.63, 3.8) is 0 Å². The van der Waals surface area contributed by atoms with Gasteiger partial charge in [0.15, 0.2) is 0 Å². The second kappa shape index (κ2) is 6.26. The van der Waals surface area contributed by atoms with E-state index in [-0.39, 0.29) is 0 Å². The molecule has 2 heterocycles. The monoisotopic (exact) mass is 241 g/mol. The molecule has 2 aromatic heterocycles. The highest BCUT2D eigenvalue weighted by molar-refractivity contribution is 5.14. The van der Waals surface area contributed by atoms with Crippen molar-refractivity contribution in [1.29, 1.82) is 0 Å². The third-order valence-electron chi connectivity index (χ3n) is 3.13. The van der Waals surface area contributed by atoms with Gasteiger partial charge in [0.05, 0.1) is 5.69 Å². The molecule has 0 saturated carbocycles. The van der Waals surface area contributed by atoms with E-state index in [2.05, 4.69) is 41.0 Å². The van der Waals surface area contributed by atoms with Crippen molar-refractivity contribution in [2.75, 3.05) is 7.05 Å². The number of rotatable bonds is 5. The minimum Gasteiger partial charge on any atom is -0.293 e.